The lowest BCUT2D eigenvalue weighted by atomic mass is 10.1. The van der Waals surface area contributed by atoms with Crippen molar-refractivity contribution in [2.45, 2.75) is 71.6 Å². The fourth-order valence-electron chi connectivity index (χ4n) is 1.69. The van der Waals surface area contributed by atoms with Crippen molar-refractivity contribution in [1.29, 1.82) is 0 Å². The molecule has 0 aromatic carbocycles. The van der Waals surface area contributed by atoms with E-state index in [2.05, 4.69) is 31.1 Å². The average Bonchev–Trinajstić information content (AvgIpc) is 2.65. The summed E-state index contributed by atoms with van der Waals surface area (Å²) in [6.07, 6.45) is -4.94. The number of aryl methyl sites for hydroxylation is 1. The molecule has 1 aromatic heterocycles. The van der Waals surface area contributed by atoms with Crippen LogP contribution in [-0.2, 0) is 13.0 Å². The Balaban J connectivity index is 2.80. The molecule has 6 heteroatoms. The SMILES string of the molecule is CC(C)c1nc(CCC(F)(F)F)sc1CNC(C)(C)C. The van der Waals surface area contributed by atoms with Crippen molar-refractivity contribution < 1.29 is 13.2 Å². The van der Waals surface area contributed by atoms with E-state index < -0.39 is 12.6 Å². The third-order valence-electron chi connectivity index (χ3n) is 2.72. The quantitative estimate of drug-likeness (QED) is 0.856. The molecule has 0 aliphatic rings. The lowest BCUT2D eigenvalue weighted by molar-refractivity contribution is -0.134. The Kier molecular flexibility index (Phi) is 5.61. The molecule has 0 aliphatic heterocycles. The van der Waals surface area contributed by atoms with Crippen molar-refractivity contribution >= 4 is 11.3 Å². The Morgan fingerprint density at radius 1 is 1.20 bits per heavy atom. The largest absolute Gasteiger partial charge is 0.389 e. The third kappa shape index (κ3) is 6.22. The smallest absolute Gasteiger partial charge is 0.307 e. The van der Waals surface area contributed by atoms with Gasteiger partial charge in [-0.2, -0.15) is 13.2 Å². The predicted octanol–water partition coefficient (Wildman–Crippen LogP) is 4.65. The van der Waals surface area contributed by atoms with Gasteiger partial charge >= 0.3 is 6.18 Å². The van der Waals surface area contributed by atoms with Crippen molar-refractivity contribution in [3.63, 3.8) is 0 Å². The highest BCUT2D eigenvalue weighted by molar-refractivity contribution is 7.11. The van der Waals surface area contributed by atoms with Gasteiger partial charge in [0.1, 0.15) is 0 Å². The Labute approximate surface area is 122 Å². The Morgan fingerprint density at radius 3 is 2.25 bits per heavy atom. The summed E-state index contributed by atoms with van der Waals surface area (Å²) in [5.74, 6) is 0.225. The molecular formula is C14H23F3N2S. The van der Waals surface area contributed by atoms with Gasteiger partial charge in [0, 0.05) is 29.8 Å². The highest BCUT2D eigenvalue weighted by Gasteiger charge is 2.27. The molecule has 0 amide bonds. The van der Waals surface area contributed by atoms with E-state index in [0.717, 1.165) is 10.6 Å². The molecule has 0 saturated carbocycles. The first-order chi connectivity index (χ1) is 8.98. The van der Waals surface area contributed by atoms with E-state index in [1.165, 1.54) is 11.3 Å². The van der Waals surface area contributed by atoms with Gasteiger partial charge in [0.25, 0.3) is 0 Å². The Bertz CT molecular complexity index is 431. The van der Waals surface area contributed by atoms with Crippen molar-refractivity contribution in [3.8, 4) is 0 Å². The van der Waals surface area contributed by atoms with Crippen LogP contribution in [-0.4, -0.2) is 16.7 Å². The fourth-order valence-corrected chi connectivity index (χ4v) is 2.86. The fraction of sp³-hybridized carbons (Fsp3) is 0.786. The minimum atomic E-state index is -4.12. The summed E-state index contributed by atoms with van der Waals surface area (Å²) >= 11 is 1.40. The van der Waals surface area contributed by atoms with Gasteiger partial charge in [-0.15, -0.1) is 11.3 Å². The Morgan fingerprint density at radius 2 is 1.80 bits per heavy atom. The molecule has 1 N–H and O–H groups in total. The summed E-state index contributed by atoms with van der Waals surface area (Å²) in [5, 5.41) is 3.95. The van der Waals surface area contributed by atoms with Crippen molar-refractivity contribution in [2.75, 3.05) is 0 Å². The van der Waals surface area contributed by atoms with Crippen LogP contribution in [0.4, 0.5) is 13.2 Å². The second-order valence-electron chi connectivity index (χ2n) is 6.29. The van der Waals surface area contributed by atoms with Crippen LogP contribution < -0.4 is 5.32 Å². The van der Waals surface area contributed by atoms with Crippen molar-refractivity contribution in [2.24, 2.45) is 0 Å². The van der Waals surface area contributed by atoms with E-state index >= 15 is 0 Å². The number of hydrogen-bond acceptors (Lipinski definition) is 3. The first kappa shape index (κ1) is 17.4. The van der Waals surface area contributed by atoms with Crippen molar-refractivity contribution in [3.05, 3.63) is 15.6 Å². The first-order valence-corrected chi connectivity index (χ1v) is 7.60. The number of halogens is 3. The molecular weight excluding hydrogens is 285 g/mol. The topological polar surface area (TPSA) is 24.9 Å². The van der Waals surface area contributed by atoms with Crippen LogP contribution in [0.15, 0.2) is 0 Å². The number of thiazole rings is 1. The number of nitrogens with zero attached hydrogens (tertiary/aromatic N) is 1. The first-order valence-electron chi connectivity index (χ1n) is 6.78. The lowest BCUT2D eigenvalue weighted by Crippen LogP contribution is -2.35. The maximum atomic E-state index is 12.3. The highest BCUT2D eigenvalue weighted by atomic mass is 32.1. The second kappa shape index (κ2) is 6.43. The normalized spacial score (nSPS) is 13.2. The standard InChI is InChI=1S/C14H23F3N2S/c1-9(2)12-10(8-18-13(3,4)5)20-11(19-12)6-7-14(15,16)17/h9,18H,6-8H2,1-5H3. The summed E-state index contributed by atoms with van der Waals surface area (Å²) in [6.45, 7) is 10.9. The summed E-state index contributed by atoms with van der Waals surface area (Å²) in [4.78, 5) is 5.44. The Hall–Kier alpha value is -0.620. The van der Waals surface area contributed by atoms with Crippen molar-refractivity contribution in [1.82, 2.24) is 10.3 Å². The molecule has 0 atom stereocenters. The molecule has 20 heavy (non-hydrogen) atoms. The van der Waals surface area contributed by atoms with Crippen LogP contribution >= 0.6 is 11.3 Å². The second-order valence-corrected chi connectivity index (χ2v) is 7.46. The average molecular weight is 308 g/mol. The minimum absolute atomic E-state index is 0.0234. The molecule has 0 spiro atoms. The van der Waals surface area contributed by atoms with Crippen LogP contribution in [0.2, 0.25) is 0 Å². The molecule has 0 radical (unpaired) electrons. The number of alkyl halides is 3. The van der Waals surface area contributed by atoms with Gasteiger partial charge < -0.3 is 5.32 Å². The maximum Gasteiger partial charge on any atom is 0.389 e. The summed E-state index contributed by atoms with van der Waals surface area (Å²) < 4.78 is 36.8. The van der Waals surface area contributed by atoms with Gasteiger partial charge in [0.15, 0.2) is 0 Å². The van der Waals surface area contributed by atoms with E-state index in [1.807, 2.05) is 13.8 Å². The number of nitrogens with one attached hydrogen (secondary N) is 1. The molecule has 0 saturated heterocycles. The summed E-state index contributed by atoms with van der Waals surface area (Å²) in [7, 11) is 0. The maximum absolute atomic E-state index is 12.3. The molecule has 1 heterocycles. The molecule has 116 valence electrons. The number of hydrogen-bond donors (Lipinski definition) is 1. The zero-order valence-electron chi connectivity index (χ0n) is 12.7. The molecule has 1 aromatic rings. The van der Waals surface area contributed by atoms with Crippen LogP contribution in [0.1, 0.15) is 62.5 Å². The molecule has 0 fully saturated rings. The van der Waals surface area contributed by atoms with E-state index in [9.17, 15) is 13.2 Å². The van der Waals surface area contributed by atoms with Gasteiger partial charge in [-0.1, -0.05) is 13.8 Å². The molecule has 1 rings (SSSR count). The van der Waals surface area contributed by atoms with E-state index in [0.29, 0.717) is 11.6 Å². The van der Waals surface area contributed by atoms with Gasteiger partial charge in [0.2, 0.25) is 0 Å². The summed E-state index contributed by atoms with van der Waals surface area (Å²) in [6, 6.07) is 0. The minimum Gasteiger partial charge on any atom is -0.307 e. The van der Waals surface area contributed by atoms with Gasteiger partial charge in [0.05, 0.1) is 10.7 Å². The predicted molar refractivity (Wildman–Crippen MR) is 77.2 cm³/mol. The van der Waals surface area contributed by atoms with Crippen LogP contribution in [0, 0.1) is 0 Å². The van der Waals surface area contributed by atoms with Gasteiger partial charge in [-0.3, -0.25) is 0 Å². The molecule has 0 unspecified atom stereocenters. The monoisotopic (exact) mass is 308 g/mol. The van der Waals surface area contributed by atoms with Crippen LogP contribution in [0.3, 0.4) is 0 Å². The molecule has 2 nitrogen and oxygen atoms in total. The van der Waals surface area contributed by atoms with Crippen LogP contribution in [0.25, 0.3) is 0 Å². The highest BCUT2D eigenvalue weighted by Crippen LogP contribution is 2.29. The lowest BCUT2D eigenvalue weighted by Gasteiger charge is -2.20. The zero-order valence-corrected chi connectivity index (χ0v) is 13.5. The van der Waals surface area contributed by atoms with E-state index in [4.69, 9.17) is 0 Å². The number of aromatic nitrogens is 1. The van der Waals surface area contributed by atoms with Gasteiger partial charge in [-0.05, 0) is 26.7 Å². The van der Waals surface area contributed by atoms with Gasteiger partial charge in [-0.25, -0.2) is 4.98 Å². The number of rotatable bonds is 5. The van der Waals surface area contributed by atoms with E-state index in [1.54, 1.807) is 0 Å². The summed E-state index contributed by atoms with van der Waals surface area (Å²) in [5.41, 5.74) is 0.897. The molecule has 0 bridgehead atoms. The van der Waals surface area contributed by atoms with E-state index in [-0.39, 0.29) is 17.9 Å². The zero-order chi connectivity index (χ0) is 15.6. The molecule has 0 aliphatic carbocycles. The van der Waals surface area contributed by atoms with Crippen LogP contribution in [0.5, 0.6) is 0 Å². The third-order valence-corrected chi connectivity index (χ3v) is 3.85.